The summed E-state index contributed by atoms with van der Waals surface area (Å²) in [6.07, 6.45) is 0. The van der Waals surface area contributed by atoms with E-state index in [9.17, 15) is 9.59 Å². The van der Waals surface area contributed by atoms with Crippen molar-refractivity contribution in [3.8, 4) is 0 Å². The molecule has 5 heteroatoms. The molecule has 0 radical (unpaired) electrons. The van der Waals surface area contributed by atoms with Crippen LogP contribution in [0.5, 0.6) is 0 Å². The first-order chi connectivity index (χ1) is 12.1. The molecule has 3 aromatic carbocycles. The Labute approximate surface area is 162 Å². The molecule has 0 atom stereocenters. The van der Waals surface area contributed by atoms with E-state index in [-0.39, 0.29) is 11.7 Å². The first kappa shape index (κ1) is 17.6. The first-order valence-electron chi connectivity index (χ1n) is 7.51. The third kappa shape index (κ3) is 4.06. The van der Waals surface area contributed by atoms with E-state index in [1.807, 2.05) is 24.3 Å². The van der Waals surface area contributed by atoms with Crippen molar-refractivity contribution in [3.63, 3.8) is 0 Å². The van der Waals surface area contributed by atoms with Gasteiger partial charge >= 0.3 is 0 Å². The number of anilines is 1. The van der Waals surface area contributed by atoms with Crippen molar-refractivity contribution in [3.05, 3.63) is 98.4 Å². The van der Waals surface area contributed by atoms with Crippen LogP contribution in [0.15, 0.2) is 81.7 Å². The minimum Gasteiger partial charge on any atom is -0.321 e. The van der Waals surface area contributed by atoms with E-state index in [0.29, 0.717) is 26.9 Å². The van der Waals surface area contributed by atoms with Gasteiger partial charge in [-0.15, -0.1) is 0 Å². The minimum atomic E-state index is -0.281. The Hall–Kier alpha value is -2.24. The highest BCUT2D eigenvalue weighted by Gasteiger charge is 2.17. The Morgan fingerprint density at radius 3 is 2.16 bits per heavy atom. The zero-order valence-electron chi connectivity index (χ0n) is 13.0. The maximum Gasteiger partial charge on any atom is 0.256 e. The molecule has 1 amide bonds. The lowest BCUT2D eigenvalue weighted by Crippen LogP contribution is -2.15. The Bertz CT molecular complexity index is 939. The van der Waals surface area contributed by atoms with Gasteiger partial charge in [0.1, 0.15) is 0 Å². The van der Waals surface area contributed by atoms with E-state index < -0.39 is 0 Å². The number of ketones is 1. The van der Waals surface area contributed by atoms with Gasteiger partial charge in [0.05, 0.1) is 11.3 Å². The van der Waals surface area contributed by atoms with Gasteiger partial charge < -0.3 is 5.32 Å². The van der Waals surface area contributed by atoms with Crippen molar-refractivity contribution in [1.82, 2.24) is 0 Å². The van der Waals surface area contributed by atoms with Crippen LogP contribution >= 0.6 is 31.9 Å². The van der Waals surface area contributed by atoms with Crippen molar-refractivity contribution in [2.24, 2.45) is 0 Å². The van der Waals surface area contributed by atoms with Crippen LogP contribution in [0.3, 0.4) is 0 Å². The zero-order chi connectivity index (χ0) is 17.8. The molecule has 0 saturated carbocycles. The van der Waals surface area contributed by atoms with Crippen LogP contribution in [0.4, 0.5) is 5.69 Å². The first-order valence-corrected chi connectivity index (χ1v) is 9.10. The van der Waals surface area contributed by atoms with Crippen molar-refractivity contribution >= 4 is 49.2 Å². The largest absolute Gasteiger partial charge is 0.321 e. The fraction of sp³-hybridized carbons (Fsp3) is 0. The van der Waals surface area contributed by atoms with Crippen LogP contribution in [-0.2, 0) is 0 Å². The molecule has 0 aliphatic heterocycles. The Kier molecular flexibility index (Phi) is 5.46. The number of hydrogen-bond acceptors (Lipinski definition) is 2. The molecule has 0 bridgehead atoms. The molecule has 3 aromatic rings. The van der Waals surface area contributed by atoms with Gasteiger partial charge in [-0.1, -0.05) is 58.4 Å². The highest BCUT2D eigenvalue weighted by Crippen LogP contribution is 2.25. The number of carbonyl (C=O) groups excluding carboxylic acids is 2. The van der Waals surface area contributed by atoms with Gasteiger partial charge in [0.15, 0.2) is 5.78 Å². The fourth-order valence-corrected chi connectivity index (χ4v) is 3.22. The predicted molar refractivity (Wildman–Crippen MR) is 106 cm³/mol. The maximum atomic E-state index is 12.8. The number of carbonyl (C=O) groups is 2. The molecular weight excluding hydrogens is 446 g/mol. The van der Waals surface area contributed by atoms with Crippen LogP contribution in [0.2, 0.25) is 0 Å². The van der Waals surface area contributed by atoms with E-state index in [1.165, 1.54) is 0 Å². The summed E-state index contributed by atoms with van der Waals surface area (Å²) in [4.78, 5) is 25.4. The van der Waals surface area contributed by atoms with Crippen molar-refractivity contribution in [2.45, 2.75) is 0 Å². The van der Waals surface area contributed by atoms with E-state index in [1.54, 1.807) is 48.5 Å². The van der Waals surface area contributed by atoms with E-state index in [4.69, 9.17) is 0 Å². The van der Waals surface area contributed by atoms with E-state index >= 15 is 0 Å². The third-order valence-electron chi connectivity index (χ3n) is 3.63. The average Bonchev–Trinajstić information content (AvgIpc) is 2.63. The van der Waals surface area contributed by atoms with Gasteiger partial charge in [0.2, 0.25) is 0 Å². The number of hydrogen-bond donors (Lipinski definition) is 1. The van der Waals surface area contributed by atoms with Gasteiger partial charge in [0.25, 0.3) is 5.91 Å². The van der Waals surface area contributed by atoms with Crippen LogP contribution in [-0.4, -0.2) is 11.7 Å². The second kappa shape index (κ2) is 7.76. The summed E-state index contributed by atoms with van der Waals surface area (Å²) in [5, 5.41) is 2.83. The van der Waals surface area contributed by atoms with Crippen LogP contribution < -0.4 is 5.32 Å². The maximum absolute atomic E-state index is 12.8. The topological polar surface area (TPSA) is 46.2 Å². The molecule has 0 spiro atoms. The van der Waals surface area contributed by atoms with E-state index in [2.05, 4.69) is 37.2 Å². The number of halogens is 2. The molecule has 3 rings (SSSR count). The lowest BCUT2D eigenvalue weighted by Gasteiger charge is -2.12. The van der Waals surface area contributed by atoms with Crippen molar-refractivity contribution < 1.29 is 9.59 Å². The number of benzene rings is 3. The summed E-state index contributed by atoms with van der Waals surface area (Å²) < 4.78 is 1.46. The van der Waals surface area contributed by atoms with Crippen LogP contribution in [0.1, 0.15) is 26.3 Å². The fourth-order valence-electron chi connectivity index (χ4n) is 2.39. The molecule has 0 heterocycles. The summed E-state index contributed by atoms with van der Waals surface area (Å²) in [7, 11) is 0. The molecule has 0 unspecified atom stereocenters. The second-order valence-electron chi connectivity index (χ2n) is 5.32. The summed E-state index contributed by atoms with van der Waals surface area (Å²) in [6, 6.07) is 21.3. The summed E-state index contributed by atoms with van der Waals surface area (Å²) in [5.74, 6) is -0.429. The molecule has 25 heavy (non-hydrogen) atoms. The Morgan fingerprint density at radius 2 is 1.44 bits per heavy atom. The summed E-state index contributed by atoms with van der Waals surface area (Å²) in [5.41, 5.74) is 1.97. The third-order valence-corrected chi connectivity index (χ3v) is 4.81. The SMILES string of the molecule is O=C(Nc1ccc(Br)cc1C(=O)c1ccccc1)c1ccccc1Br. The minimum absolute atomic E-state index is 0.149. The molecule has 1 N–H and O–H groups in total. The second-order valence-corrected chi connectivity index (χ2v) is 7.09. The monoisotopic (exact) mass is 457 g/mol. The van der Waals surface area contributed by atoms with Crippen molar-refractivity contribution in [2.75, 3.05) is 5.32 Å². The molecule has 124 valence electrons. The lowest BCUT2D eigenvalue weighted by molar-refractivity contribution is 0.102. The molecular formula is C20H13Br2NO2. The predicted octanol–water partition coefficient (Wildman–Crippen LogP) is 5.69. The number of nitrogens with one attached hydrogen (secondary N) is 1. The number of amides is 1. The van der Waals surface area contributed by atoms with Gasteiger partial charge in [0, 0.05) is 20.1 Å². The quantitative estimate of drug-likeness (QED) is 0.510. The summed E-state index contributed by atoms with van der Waals surface area (Å²) >= 11 is 6.76. The molecule has 0 aromatic heterocycles. The standard InChI is InChI=1S/C20H13Br2NO2/c21-14-10-11-18(23-20(25)15-8-4-5-9-17(15)22)16(12-14)19(24)13-6-2-1-3-7-13/h1-12H,(H,23,25). The summed E-state index contributed by atoms with van der Waals surface area (Å²) in [6.45, 7) is 0. The lowest BCUT2D eigenvalue weighted by atomic mass is 10.0. The van der Waals surface area contributed by atoms with Gasteiger partial charge in [-0.3, -0.25) is 9.59 Å². The van der Waals surface area contributed by atoms with Crippen LogP contribution in [0.25, 0.3) is 0 Å². The smallest absolute Gasteiger partial charge is 0.256 e. The van der Waals surface area contributed by atoms with Gasteiger partial charge in [-0.2, -0.15) is 0 Å². The molecule has 3 nitrogen and oxygen atoms in total. The number of rotatable bonds is 4. The van der Waals surface area contributed by atoms with Gasteiger partial charge in [-0.25, -0.2) is 0 Å². The molecule has 0 aliphatic rings. The molecule has 0 saturated heterocycles. The van der Waals surface area contributed by atoms with Gasteiger partial charge in [-0.05, 0) is 46.3 Å². The Balaban J connectivity index is 1.96. The Morgan fingerprint density at radius 1 is 0.760 bits per heavy atom. The van der Waals surface area contributed by atoms with Crippen LogP contribution in [0, 0.1) is 0 Å². The van der Waals surface area contributed by atoms with E-state index in [0.717, 1.165) is 4.47 Å². The average molecular weight is 459 g/mol. The molecule has 0 aliphatic carbocycles. The highest BCUT2D eigenvalue weighted by atomic mass is 79.9. The van der Waals surface area contributed by atoms with Crippen molar-refractivity contribution in [1.29, 1.82) is 0 Å². The highest BCUT2D eigenvalue weighted by molar-refractivity contribution is 9.10. The normalized spacial score (nSPS) is 10.3. The zero-order valence-corrected chi connectivity index (χ0v) is 16.2. The molecule has 0 fully saturated rings.